The molecule has 0 bridgehead atoms. The summed E-state index contributed by atoms with van der Waals surface area (Å²) in [5, 5.41) is 3.64. The zero-order chi connectivity index (χ0) is 14.7. The fourth-order valence-electron chi connectivity index (χ4n) is 2.89. The van der Waals surface area contributed by atoms with Crippen LogP contribution < -0.4 is 10.1 Å². The van der Waals surface area contributed by atoms with Gasteiger partial charge in [-0.3, -0.25) is 0 Å². The first-order valence-corrected chi connectivity index (χ1v) is 8.04. The van der Waals surface area contributed by atoms with Gasteiger partial charge in [0.1, 0.15) is 0 Å². The lowest BCUT2D eigenvalue weighted by molar-refractivity contribution is 0.385. The number of hydrogen-bond acceptors (Lipinski definition) is 3. The van der Waals surface area contributed by atoms with Gasteiger partial charge in [-0.25, -0.2) is 4.98 Å². The Balaban J connectivity index is 1.64. The predicted molar refractivity (Wildman–Crippen MR) is 87.6 cm³/mol. The minimum atomic E-state index is 0.517. The highest BCUT2D eigenvalue weighted by Crippen LogP contribution is 2.25. The third-order valence-electron chi connectivity index (χ3n) is 4.02. The quantitative estimate of drug-likeness (QED) is 0.919. The molecule has 3 nitrogen and oxygen atoms in total. The summed E-state index contributed by atoms with van der Waals surface area (Å²) in [6.07, 6.45) is 5.16. The molecular weight excluding hydrogens is 328 g/mol. The summed E-state index contributed by atoms with van der Waals surface area (Å²) in [4.78, 5) is 4.24. The number of methoxy groups -OCH3 is 1. The van der Waals surface area contributed by atoms with E-state index in [1.165, 1.54) is 22.0 Å². The molecule has 1 aliphatic carbocycles. The Morgan fingerprint density at radius 3 is 3.10 bits per heavy atom. The second-order valence-corrected chi connectivity index (χ2v) is 6.32. The lowest BCUT2D eigenvalue weighted by atomic mass is 9.88. The summed E-state index contributed by atoms with van der Waals surface area (Å²) < 4.78 is 6.47. The molecule has 4 heteroatoms. The van der Waals surface area contributed by atoms with E-state index < -0.39 is 0 Å². The average Bonchev–Trinajstić information content (AvgIpc) is 2.53. The summed E-state index contributed by atoms with van der Waals surface area (Å²) in [6.45, 7) is 0.799. The van der Waals surface area contributed by atoms with Crippen molar-refractivity contribution in [3.8, 4) is 5.88 Å². The molecule has 2 aromatic rings. The highest BCUT2D eigenvalue weighted by molar-refractivity contribution is 9.10. The van der Waals surface area contributed by atoms with Crippen molar-refractivity contribution in [1.29, 1.82) is 0 Å². The largest absolute Gasteiger partial charge is 0.481 e. The van der Waals surface area contributed by atoms with E-state index in [9.17, 15) is 0 Å². The maximum Gasteiger partial charge on any atom is 0.217 e. The molecule has 1 aliphatic rings. The Morgan fingerprint density at radius 2 is 2.24 bits per heavy atom. The maximum absolute atomic E-state index is 5.30. The van der Waals surface area contributed by atoms with Gasteiger partial charge in [0.25, 0.3) is 0 Å². The summed E-state index contributed by atoms with van der Waals surface area (Å²) in [6, 6.07) is 11.1. The molecule has 21 heavy (non-hydrogen) atoms. The van der Waals surface area contributed by atoms with Crippen molar-refractivity contribution in [3.05, 3.63) is 57.7 Å². The molecule has 0 saturated heterocycles. The Labute approximate surface area is 133 Å². The normalized spacial score (nSPS) is 17.3. The second kappa shape index (κ2) is 6.58. The van der Waals surface area contributed by atoms with Crippen LogP contribution in [0.25, 0.3) is 0 Å². The molecule has 1 aromatic heterocycles. The van der Waals surface area contributed by atoms with Crippen molar-refractivity contribution in [2.45, 2.75) is 31.8 Å². The van der Waals surface area contributed by atoms with Gasteiger partial charge in [-0.2, -0.15) is 0 Å². The number of fused-ring (bicyclic) bond motifs is 1. The van der Waals surface area contributed by atoms with Crippen molar-refractivity contribution in [3.63, 3.8) is 0 Å². The van der Waals surface area contributed by atoms with E-state index >= 15 is 0 Å². The van der Waals surface area contributed by atoms with Crippen molar-refractivity contribution < 1.29 is 4.74 Å². The van der Waals surface area contributed by atoms with Gasteiger partial charge in [-0.05, 0) is 48.6 Å². The molecule has 0 saturated carbocycles. The van der Waals surface area contributed by atoms with Crippen molar-refractivity contribution in [1.82, 2.24) is 10.3 Å². The molecular formula is C17H19BrN2O. The van der Waals surface area contributed by atoms with Gasteiger partial charge in [0.15, 0.2) is 0 Å². The van der Waals surface area contributed by atoms with Crippen LogP contribution in [0.15, 0.2) is 41.0 Å². The Kier molecular flexibility index (Phi) is 4.56. The van der Waals surface area contributed by atoms with Crippen LogP contribution in [0, 0.1) is 0 Å². The minimum Gasteiger partial charge on any atom is -0.481 e. The molecule has 0 radical (unpaired) electrons. The Morgan fingerprint density at radius 1 is 1.33 bits per heavy atom. The Bertz CT molecular complexity index is 630. The van der Waals surface area contributed by atoms with E-state index in [-0.39, 0.29) is 0 Å². The van der Waals surface area contributed by atoms with Crippen LogP contribution in [0.4, 0.5) is 0 Å². The van der Waals surface area contributed by atoms with E-state index in [1.807, 2.05) is 6.07 Å². The van der Waals surface area contributed by atoms with E-state index in [0.29, 0.717) is 11.9 Å². The van der Waals surface area contributed by atoms with E-state index in [1.54, 1.807) is 13.3 Å². The van der Waals surface area contributed by atoms with Gasteiger partial charge >= 0.3 is 0 Å². The van der Waals surface area contributed by atoms with Crippen LogP contribution in [0.1, 0.15) is 23.1 Å². The van der Waals surface area contributed by atoms with Gasteiger partial charge in [0.05, 0.1) is 7.11 Å². The number of nitrogens with one attached hydrogen (secondary N) is 1. The van der Waals surface area contributed by atoms with Crippen LogP contribution in [-0.4, -0.2) is 18.1 Å². The lowest BCUT2D eigenvalue weighted by Gasteiger charge is -2.26. The lowest BCUT2D eigenvalue weighted by Crippen LogP contribution is -2.34. The molecule has 1 N–H and O–H groups in total. The number of rotatable bonds is 4. The second-order valence-electron chi connectivity index (χ2n) is 5.41. The number of aryl methyl sites for hydroxylation is 1. The van der Waals surface area contributed by atoms with Crippen LogP contribution in [0.2, 0.25) is 0 Å². The average molecular weight is 347 g/mol. The fourth-order valence-corrected chi connectivity index (χ4v) is 3.30. The SMILES string of the molecule is COc1ncccc1CNC1CCc2cc(Br)ccc2C1. The Hall–Kier alpha value is -1.39. The summed E-state index contributed by atoms with van der Waals surface area (Å²) in [5.41, 5.74) is 4.04. The number of benzene rings is 1. The zero-order valence-corrected chi connectivity index (χ0v) is 13.7. The third kappa shape index (κ3) is 3.44. The van der Waals surface area contributed by atoms with Crippen LogP contribution in [0.5, 0.6) is 5.88 Å². The van der Waals surface area contributed by atoms with E-state index in [2.05, 4.69) is 50.5 Å². The number of nitrogens with zero attached hydrogens (tertiary/aromatic N) is 1. The van der Waals surface area contributed by atoms with Gasteiger partial charge in [0, 0.05) is 28.8 Å². The highest BCUT2D eigenvalue weighted by atomic mass is 79.9. The number of pyridine rings is 1. The predicted octanol–water partition coefficient (Wildman–Crippen LogP) is 3.50. The third-order valence-corrected chi connectivity index (χ3v) is 4.51. The van der Waals surface area contributed by atoms with Crippen LogP contribution in [-0.2, 0) is 19.4 Å². The number of aromatic nitrogens is 1. The summed E-state index contributed by atoms with van der Waals surface area (Å²) in [5.74, 6) is 0.713. The maximum atomic E-state index is 5.30. The monoisotopic (exact) mass is 346 g/mol. The van der Waals surface area contributed by atoms with Gasteiger partial charge in [0.2, 0.25) is 5.88 Å². The number of halogens is 1. The van der Waals surface area contributed by atoms with Gasteiger partial charge in [-0.1, -0.05) is 28.1 Å². The fraction of sp³-hybridized carbons (Fsp3) is 0.353. The van der Waals surface area contributed by atoms with E-state index in [4.69, 9.17) is 4.74 Å². The summed E-state index contributed by atoms with van der Waals surface area (Å²) in [7, 11) is 1.67. The highest BCUT2D eigenvalue weighted by Gasteiger charge is 2.18. The molecule has 110 valence electrons. The molecule has 0 amide bonds. The van der Waals surface area contributed by atoms with Crippen molar-refractivity contribution in [2.75, 3.05) is 7.11 Å². The standard InChI is InChI=1S/C17H19BrN2O/c1-21-17-14(3-2-8-19-17)11-20-16-7-5-12-9-15(18)6-4-13(12)10-16/h2-4,6,8-9,16,20H,5,7,10-11H2,1H3. The van der Waals surface area contributed by atoms with Gasteiger partial charge < -0.3 is 10.1 Å². The molecule has 0 spiro atoms. The molecule has 0 aliphatic heterocycles. The first kappa shape index (κ1) is 14.5. The topological polar surface area (TPSA) is 34.1 Å². The van der Waals surface area contributed by atoms with E-state index in [0.717, 1.165) is 24.9 Å². The van der Waals surface area contributed by atoms with Gasteiger partial charge in [-0.15, -0.1) is 0 Å². The minimum absolute atomic E-state index is 0.517. The number of ether oxygens (including phenoxy) is 1. The van der Waals surface area contributed by atoms with Crippen molar-refractivity contribution in [2.24, 2.45) is 0 Å². The molecule has 0 fully saturated rings. The molecule has 1 atom stereocenters. The smallest absolute Gasteiger partial charge is 0.217 e. The first-order chi connectivity index (χ1) is 10.3. The number of hydrogen-bond donors (Lipinski definition) is 1. The molecule has 3 rings (SSSR count). The molecule has 1 aromatic carbocycles. The van der Waals surface area contributed by atoms with Crippen LogP contribution >= 0.6 is 15.9 Å². The first-order valence-electron chi connectivity index (χ1n) is 7.25. The molecule has 1 unspecified atom stereocenters. The summed E-state index contributed by atoms with van der Waals surface area (Å²) >= 11 is 3.55. The van der Waals surface area contributed by atoms with Crippen molar-refractivity contribution >= 4 is 15.9 Å². The zero-order valence-electron chi connectivity index (χ0n) is 12.1. The molecule has 1 heterocycles. The van der Waals surface area contributed by atoms with Crippen LogP contribution in [0.3, 0.4) is 0 Å².